The molecule has 0 radical (unpaired) electrons. The number of aromatic nitrogens is 2. The highest BCUT2D eigenvalue weighted by Gasteiger charge is 2.11. The number of ether oxygens (including phenoxy) is 1. The summed E-state index contributed by atoms with van der Waals surface area (Å²) in [4.78, 5) is 20.2. The van der Waals surface area contributed by atoms with Crippen LogP contribution < -0.4 is 10.1 Å². The number of amides is 1. The predicted octanol–water partition coefficient (Wildman–Crippen LogP) is 1.26. The lowest BCUT2D eigenvalue weighted by atomic mass is 10.1. The Kier molecular flexibility index (Phi) is 4.84. The second-order valence-corrected chi connectivity index (χ2v) is 4.55. The zero-order valence-electron chi connectivity index (χ0n) is 11.9. The SMILES string of the molecule is COc1nccnc1-c1ccc(C(=O)N[C@@H](C)CO)cc1. The van der Waals surface area contributed by atoms with E-state index in [9.17, 15) is 4.79 Å². The van der Waals surface area contributed by atoms with Crippen LogP contribution in [-0.2, 0) is 0 Å². The first-order chi connectivity index (χ1) is 10.2. The van der Waals surface area contributed by atoms with Crippen molar-refractivity contribution in [1.82, 2.24) is 15.3 Å². The van der Waals surface area contributed by atoms with Crippen molar-refractivity contribution in [2.75, 3.05) is 13.7 Å². The smallest absolute Gasteiger partial charge is 0.251 e. The molecule has 0 aliphatic rings. The Hall–Kier alpha value is -2.47. The summed E-state index contributed by atoms with van der Waals surface area (Å²) < 4.78 is 5.16. The van der Waals surface area contributed by atoms with Gasteiger partial charge >= 0.3 is 0 Å². The summed E-state index contributed by atoms with van der Waals surface area (Å²) in [5.41, 5.74) is 1.95. The van der Waals surface area contributed by atoms with Gasteiger partial charge in [0.2, 0.25) is 5.88 Å². The van der Waals surface area contributed by atoms with Crippen LogP contribution in [0.25, 0.3) is 11.3 Å². The summed E-state index contributed by atoms with van der Waals surface area (Å²) in [6.45, 7) is 1.64. The number of nitrogens with zero attached hydrogens (tertiary/aromatic N) is 2. The second kappa shape index (κ2) is 6.81. The molecule has 0 aliphatic carbocycles. The summed E-state index contributed by atoms with van der Waals surface area (Å²) in [6, 6.07) is 6.68. The second-order valence-electron chi connectivity index (χ2n) is 4.55. The predicted molar refractivity (Wildman–Crippen MR) is 78.0 cm³/mol. The van der Waals surface area contributed by atoms with Gasteiger partial charge in [0.25, 0.3) is 5.91 Å². The molecule has 0 saturated heterocycles. The Labute approximate surface area is 122 Å². The molecule has 1 heterocycles. The molecule has 0 aliphatic heterocycles. The van der Waals surface area contributed by atoms with Crippen LogP contribution in [0, 0.1) is 0 Å². The molecule has 0 saturated carbocycles. The zero-order valence-corrected chi connectivity index (χ0v) is 11.9. The lowest BCUT2D eigenvalue weighted by Gasteiger charge is -2.11. The Morgan fingerprint density at radius 3 is 2.57 bits per heavy atom. The highest BCUT2D eigenvalue weighted by Crippen LogP contribution is 2.25. The fourth-order valence-corrected chi connectivity index (χ4v) is 1.80. The molecule has 21 heavy (non-hydrogen) atoms. The molecule has 1 aromatic carbocycles. The highest BCUT2D eigenvalue weighted by atomic mass is 16.5. The van der Waals surface area contributed by atoms with Gasteiger partial charge in [0.15, 0.2) is 0 Å². The molecular formula is C15H17N3O3. The summed E-state index contributed by atoms with van der Waals surface area (Å²) >= 11 is 0. The normalized spacial score (nSPS) is 11.8. The van der Waals surface area contributed by atoms with Crippen molar-refractivity contribution in [2.24, 2.45) is 0 Å². The molecule has 0 fully saturated rings. The zero-order chi connectivity index (χ0) is 15.2. The van der Waals surface area contributed by atoms with E-state index in [1.807, 2.05) is 0 Å². The maximum Gasteiger partial charge on any atom is 0.251 e. The van der Waals surface area contributed by atoms with E-state index in [4.69, 9.17) is 9.84 Å². The fourth-order valence-electron chi connectivity index (χ4n) is 1.80. The van der Waals surface area contributed by atoms with E-state index in [0.717, 1.165) is 5.56 Å². The van der Waals surface area contributed by atoms with Gasteiger partial charge in [-0.2, -0.15) is 0 Å². The van der Waals surface area contributed by atoms with E-state index in [-0.39, 0.29) is 18.6 Å². The first-order valence-corrected chi connectivity index (χ1v) is 6.53. The highest BCUT2D eigenvalue weighted by molar-refractivity contribution is 5.94. The molecule has 1 atom stereocenters. The number of rotatable bonds is 5. The van der Waals surface area contributed by atoms with Gasteiger partial charge in [-0.05, 0) is 19.1 Å². The third kappa shape index (κ3) is 3.55. The molecule has 0 bridgehead atoms. The van der Waals surface area contributed by atoms with E-state index in [0.29, 0.717) is 17.1 Å². The molecule has 0 unspecified atom stereocenters. The number of aliphatic hydroxyl groups is 1. The number of aliphatic hydroxyl groups excluding tert-OH is 1. The van der Waals surface area contributed by atoms with Crippen molar-refractivity contribution in [1.29, 1.82) is 0 Å². The Morgan fingerprint density at radius 2 is 1.95 bits per heavy atom. The molecule has 2 aromatic rings. The number of hydrogen-bond donors (Lipinski definition) is 2. The van der Waals surface area contributed by atoms with Crippen molar-refractivity contribution in [3.63, 3.8) is 0 Å². The third-order valence-electron chi connectivity index (χ3n) is 2.93. The fraction of sp³-hybridized carbons (Fsp3) is 0.267. The molecule has 2 N–H and O–H groups in total. The van der Waals surface area contributed by atoms with Gasteiger partial charge in [-0.1, -0.05) is 12.1 Å². The molecule has 110 valence electrons. The lowest BCUT2D eigenvalue weighted by molar-refractivity contribution is 0.0922. The van der Waals surface area contributed by atoms with Crippen LogP contribution in [0.1, 0.15) is 17.3 Å². The van der Waals surface area contributed by atoms with Crippen molar-refractivity contribution in [3.8, 4) is 17.1 Å². The monoisotopic (exact) mass is 287 g/mol. The van der Waals surface area contributed by atoms with E-state index < -0.39 is 0 Å². The summed E-state index contributed by atoms with van der Waals surface area (Å²) in [5.74, 6) is 0.206. The van der Waals surface area contributed by atoms with Crippen LogP contribution in [0.2, 0.25) is 0 Å². The number of methoxy groups -OCH3 is 1. The summed E-state index contributed by atoms with van der Waals surface area (Å²) in [6.07, 6.45) is 3.14. The molecule has 0 spiro atoms. The van der Waals surface area contributed by atoms with E-state index >= 15 is 0 Å². The van der Waals surface area contributed by atoms with Crippen LogP contribution in [-0.4, -0.2) is 40.7 Å². The van der Waals surface area contributed by atoms with Crippen LogP contribution in [0.4, 0.5) is 0 Å². The number of carbonyl (C=O) groups is 1. The minimum atomic E-state index is -0.280. The Bertz CT molecular complexity index is 614. The van der Waals surface area contributed by atoms with Crippen LogP contribution in [0.15, 0.2) is 36.7 Å². The van der Waals surface area contributed by atoms with Crippen molar-refractivity contribution in [2.45, 2.75) is 13.0 Å². The van der Waals surface area contributed by atoms with E-state index in [1.54, 1.807) is 43.6 Å². The maximum absolute atomic E-state index is 11.9. The van der Waals surface area contributed by atoms with Crippen molar-refractivity contribution in [3.05, 3.63) is 42.2 Å². The van der Waals surface area contributed by atoms with Gasteiger partial charge in [-0.25, -0.2) is 9.97 Å². The molecule has 2 rings (SSSR count). The Morgan fingerprint density at radius 1 is 1.29 bits per heavy atom. The number of hydrogen-bond acceptors (Lipinski definition) is 5. The third-order valence-corrected chi connectivity index (χ3v) is 2.93. The maximum atomic E-state index is 11.9. The number of carbonyl (C=O) groups excluding carboxylic acids is 1. The van der Waals surface area contributed by atoms with Gasteiger partial charge in [0.1, 0.15) is 5.69 Å². The quantitative estimate of drug-likeness (QED) is 0.865. The topological polar surface area (TPSA) is 84.3 Å². The molecule has 1 amide bonds. The van der Waals surface area contributed by atoms with Crippen LogP contribution in [0.3, 0.4) is 0 Å². The van der Waals surface area contributed by atoms with Gasteiger partial charge in [0.05, 0.1) is 13.7 Å². The minimum Gasteiger partial charge on any atom is -0.479 e. The van der Waals surface area contributed by atoms with Crippen LogP contribution >= 0.6 is 0 Å². The van der Waals surface area contributed by atoms with E-state index in [1.165, 1.54) is 7.11 Å². The summed E-state index contributed by atoms with van der Waals surface area (Å²) in [7, 11) is 1.53. The van der Waals surface area contributed by atoms with Gasteiger partial charge in [0, 0.05) is 29.6 Å². The molecular weight excluding hydrogens is 270 g/mol. The van der Waals surface area contributed by atoms with Crippen molar-refractivity contribution >= 4 is 5.91 Å². The molecule has 1 aromatic heterocycles. The standard InChI is InChI=1S/C15H17N3O3/c1-10(9-19)18-14(20)12-5-3-11(4-6-12)13-15(21-2)17-8-7-16-13/h3-8,10,19H,9H2,1-2H3,(H,18,20)/t10-/m0/s1. The van der Waals surface area contributed by atoms with Gasteiger partial charge < -0.3 is 15.2 Å². The largest absolute Gasteiger partial charge is 0.479 e. The molecule has 6 heteroatoms. The average Bonchev–Trinajstić information content (AvgIpc) is 2.54. The van der Waals surface area contributed by atoms with Gasteiger partial charge in [-0.3, -0.25) is 4.79 Å². The van der Waals surface area contributed by atoms with Crippen LogP contribution in [0.5, 0.6) is 5.88 Å². The first kappa shape index (κ1) is 14.9. The average molecular weight is 287 g/mol. The van der Waals surface area contributed by atoms with E-state index in [2.05, 4.69) is 15.3 Å². The Balaban J connectivity index is 2.21. The molecule has 6 nitrogen and oxygen atoms in total. The summed E-state index contributed by atoms with van der Waals surface area (Å²) in [5, 5.41) is 11.6. The van der Waals surface area contributed by atoms with Crippen molar-refractivity contribution < 1.29 is 14.6 Å². The lowest BCUT2D eigenvalue weighted by Crippen LogP contribution is -2.34. The van der Waals surface area contributed by atoms with Gasteiger partial charge in [-0.15, -0.1) is 0 Å². The minimum absolute atomic E-state index is 0.0966. The number of benzene rings is 1. The number of nitrogens with one attached hydrogen (secondary N) is 1. The first-order valence-electron chi connectivity index (χ1n) is 6.53.